The molecule has 0 spiro atoms. The van der Waals surface area contributed by atoms with Crippen LogP contribution in [0, 0.1) is 17.8 Å². The Hall–Kier alpha value is -3.22. The van der Waals surface area contributed by atoms with E-state index in [1.165, 1.54) is 88.2 Å². The van der Waals surface area contributed by atoms with Gasteiger partial charge in [-0.15, -0.1) is 0 Å². The van der Waals surface area contributed by atoms with Gasteiger partial charge in [0.1, 0.15) is 0 Å². The van der Waals surface area contributed by atoms with Crippen molar-refractivity contribution in [2.45, 2.75) is 116 Å². The van der Waals surface area contributed by atoms with Gasteiger partial charge in [0.05, 0.1) is 37.6 Å². The minimum Gasteiger partial charge on any atom is -0.462 e. The van der Waals surface area contributed by atoms with Gasteiger partial charge in [0.2, 0.25) is 0 Å². The van der Waals surface area contributed by atoms with Crippen LogP contribution >= 0.6 is 0 Å². The van der Waals surface area contributed by atoms with Crippen molar-refractivity contribution in [3.05, 3.63) is 83.5 Å². The molecular weight excluding hydrogens is 612 g/mol. The quantitative estimate of drug-likeness (QED) is 0.0879. The van der Waals surface area contributed by atoms with Gasteiger partial charge in [0.15, 0.2) is 0 Å². The number of carbonyl (C=O) groups excluding carboxylic acids is 2. The summed E-state index contributed by atoms with van der Waals surface area (Å²) >= 11 is 0. The number of esters is 2. The predicted molar refractivity (Wildman–Crippen MR) is 197 cm³/mol. The maximum atomic E-state index is 11.9. The fraction of sp³-hybridized carbons (Fsp3) is 0.581. The number of unbranched alkanes of at least 4 members (excludes halogenated alkanes) is 2. The van der Waals surface area contributed by atoms with Gasteiger partial charge in [0, 0.05) is 0 Å². The van der Waals surface area contributed by atoms with E-state index in [1.54, 1.807) is 0 Å². The number of benzene rings is 2. The molecule has 268 valence electrons. The van der Waals surface area contributed by atoms with Crippen LogP contribution in [0.4, 0.5) is 0 Å². The zero-order valence-electron chi connectivity index (χ0n) is 29.9. The van der Waals surface area contributed by atoms with Gasteiger partial charge in [-0.3, -0.25) is 0 Å². The van der Waals surface area contributed by atoms with E-state index in [1.807, 2.05) is 0 Å². The van der Waals surface area contributed by atoms with Crippen molar-refractivity contribution in [3.8, 4) is 11.1 Å². The fourth-order valence-electron chi connectivity index (χ4n) is 7.94. The molecule has 0 radical (unpaired) electrons. The first-order chi connectivity index (χ1) is 23.8. The second-order valence-corrected chi connectivity index (χ2v) is 14.6. The molecule has 0 aliphatic heterocycles. The summed E-state index contributed by atoms with van der Waals surface area (Å²) in [6, 6.07) is 15.8. The largest absolute Gasteiger partial charge is 0.462 e. The molecule has 2 aromatic rings. The predicted octanol–water partition coefficient (Wildman–Crippen LogP) is 9.06. The number of carbonyl (C=O) groups is 2. The Morgan fingerprint density at radius 3 is 1.67 bits per heavy atom. The molecule has 0 amide bonds. The minimum absolute atomic E-state index is 0.0550. The SMILES string of the molecule is C=C(CO)C(=O)OCCCc1cc(CCCOC(=O)C(=C)CO)cc(-c2ccc(C3CCC(C4CCC(CCCCC)CC4)CC3)cc2)c1. The van der Waals surface area contributed by atoms with Gasteiger partial charge in [-0.2, -0.15) is 0 Å². The minimum atomic E-state index is -0.566. The summed E-state index contributed by atoms with van der Waals surface area (Å²) in [5.74, 6) is 2.37. The summed E-state index contributed by atoms with van der Waals surface area (Å²) in [4.78, 5) is 23.8. The first kappa shape index (κ1) is 38.6. The van der Waals surface area contributed by atoms with Crippen LogP contribution in [0.25, 0.3) is 11.1 Å². The molecule has 0 heterocycles. The highest BCUT2D eigenvalue weighted by Gasteiger charge is 2.31. The average Bonchev–Trinajstić information content (AvgIpc) is 3.14. The van der Waals surface area contributed by atoms with E-state index in [-0.39, 0.29) is 24.4 Å². The molecule has 0 saturated heterocycles. The molecule has 0 bridgehead atoms. The van der Waals surface area contributed by atoms with E-state index in [4.69, 9.17) is 19.7 Å². The standard InChI is InChI=1S/C43H60O6/c1-4-5-6-9-33-12-14-36(15-13-33)37-16-18-38(19-17-37)39-20-22-40(23-21-39)41-27-34(10-7-24-48-42(46)31(2)29-44)26-35(28-41)11-8-25-49-43(47)32(3)30-45/h20-23,26-28,33,36-38,44-45H,2-19,24-25,29-30H2,1H3. The Labute approximate surface area is 295 Å². The zero-order chi connectivity index (χ0) is 35.0. The van der Waals surface area contributed by atoms with Gasteiger partial charge < -0.3 is 19.7 Å². The number of rotatable bonds is 19. The maximum absolute atomic E-state index is 11.9. The van der Waals surface area contributed by atoms with Gasteiger partial charge >= 0.3 is 11.9 Å². The van der Waals surface area contributed by atoms with Crippen molar-refractivity contribution in [2.75, 3.05) is 26.4 Å². The summed E-state index contributed by atoms with van der Waals surface area (Å²) in [6.07, 6.45) is 19.5. The molecule has 0 unspecified atom stereocenters. The van der Waals surface area contributed by atoms with Crippen LogP contribution < -0.4 is 0 Å². The van der Waals surface area contributed by atoms with Gasteiger partial charge in [0.25, 0.3) is 0 Å². The van der Waals surface area contributed by atoms with Crippen molar-refractivity contribution < 1.29 is 29.3 Å². The first-order valence-corrected chi connectivity index (χ1v) is 19.0. The number of ether oxygens (including phenoxy) is 2. The summed E-state index contributed by atoms with van der Waals surface area (Å²) in [5.41, 5.74) is 6.17. The lowest BCUT2D eigenvalue weighted by molar-refractivity contribution is -0.140. The van der Waals surface area contributed by atoms with E-state index < -0.39 is 25.2 Å². The molecule has 49 heavy (non-hydrogen) atoms. The Bertz CT molecular complexity index is 1290. The molecule has 6 nitrogen and oxygen atoms in total. The lowest BCUT2D eigenvalue weighted by Crippen LogP contribution is -2.25. The second kappa shape index (κ2) is 20.5. The van der Waals surface area contributed by atoms with E-state index in [0.29, 0.717) is 18.8 Å². The number of aliphatic hydroxyl groups excluding tert-OH is 2. The molecule has 2 aromatic carbocycles. The molecule has 2 fully saturated rings. The molecular formula is C43H60O6. The molecule has 4 rings (SSSR count). The Kier molecular flexibility index (Phi) is 16.1. The topological polar surface area (TPSA) is 93.1 Å². The molecule has 0 aromatic heterocycles. The van der Waals surface area contributed by atoms with Crippen molar-refractivity contribution in [1.29, 1.82) is 0 Å². The summed E-state index contributed by atoms with van der Waals surface area (Å²) in [5, 5.41) is 18.2. The summed E-state index contributed by atoms with van der Waals surface area (Å²) in [6.45, 7) is 9.03. The second-order valence-electron chi connectivity index (χ2n) is 14.6. The Morgan fingerprint density at radius 2 is 1.18 bits per heavy atom. The van der Waals surface area contributed by atoms with Crippen molar-refractivity contribution in [3.63, 3.8) is 0 Å². The van der Waals surface area contributed by atoms with E-state index >= 15 is 0 Å². The van der Waals surface area contributed by atoms with Crippen LogP contribution in [0.1, 0.15) is 119 Å². The smallest absolute Gasteiger partial charge is 0.335 e. The number of aryl methyl sites for hydroxylation is 2. The van der Waals surface area contributed by atoms with Crippen LogP contribution in [0.3, 0.4) is 0 Å². The molecule has 2 aliphatic carbocycles. The fourth-order valence-corrected chi connectivity index (χ4v) is 7.94. The molecule has 6 heteroatoms. The van der Waals surface area contributed by atoms with E-state index in [0.717, 1.165) is 47.3 Å². The van der Waals surface area contributed by atoms with Crippen molar-refractivity contribution >= 4 is 11.9 Å². The number of hydrogen-bond acceptors (Lipinski definition) is 6. The monoisotopic (exact) mass is 672 g/mol. The molecule has 0 atom stereocenters. The highest BCUT2D eigenvalue weighted by molar-refractivity contribution is 5.88. The van der Waals surface area contributed by atoms with Crippen LogP contribution in [0.15, 0.2) is 66.8 Å². The number of aliphatic hydroxyl groups is 2. The summed E-state index contributed by atoms with van der Waals surface area (Å²) < 4.78 is 10.5. The maximum Gasteiger partial charge on any atom is 0.335 e. The van der Waals surface area contributed by atoms with Gasteiger partial charge in [-0.25, -0.2) is 9.59 Å². The van der Waals surface area contributed by atoms with Crippen LogP contribution in [0.5, 0.6) is 0 Å². The lowest BCUT2D eigenvalue weighted by atomic mass is 9.68. The zero-order valence-corrected chi connectivity index (χ0v) is 29.9. The Morgan fingerprint density at radius 1 is 0.673 bits per heavy atom. The lowest BCUT2D eigenvalue weighted by Gasteiger charge is -2.38. The van der Waals surface area contributed by atoms with E-state index in [9.17, 15) is 9.59 Å². The van der Waals surface area contributed by atoms with Crippen LogP contribution in [-0.4, -0.2) is 48.6 Å². The average molecular weight is 673 g/mol. The highest BCUT2D eigenvalue weighted by Crippen LogP contribution is 2.44. The molecule has 2 N–H and O–H groups in total. The Balaban J connectivity index is 1.33. The molecule has 2 saturated carbocycles. The first-order valence-electron chi connectivity index (χ1n) is 19.0. The third-order valence-electron chi connectivity index (χ3n) is 11.0. The van der Waals surface area contributed by atoms with Crippen LogP contribution in [0.2, 0.25) is 0 Å². The van der Waals surface area contributed by atoms with Gasteiger partial charge in [-0.1, -0.05) is 101 Å². The van der Waals surface area contributed by atoms with Crippen LogP contribution in [-0.2, 0) is 31.9 Å². The normalized spacial score (nSPS) is 20.8. The molecule has 2 aliphatic rings. The van der Waals surface area contributed by atoms with Crippen molar-refractivity contribution in [2.24, 2.45) is 17.8 Å². The third kappa shape index (κ3) is 12.3. The van der Waals surface area contributed by atoms with Crippen molar-refractivity contribution in [1.82, 2.24) is 0 Å². The third-order valence-corrected chi connectivity index (χ3v) is 11.0. The van der Waals surface area contributed by atoms with Gasteiger partial charge in [-0.05, 0) is 116 Å². The summed E-state index contributed by atoms with van der Waals surface area (Å²) in [7, 11) is 0. The van der Waals surface area contributed by atoms with E-state index in [2.05, 4.69) is 62.5 Å². The highest BCUT2D eigenvalue weighted by atomic mass is 16.5. The number of hydrogen-bond donors (Lipinski definition) is 2.